The van der Waals surface area contributed by atoms with Gasteiger partial charge < -0.3 is 9.73 Å². The molecule has 1 saturated carbocycles. The molecule has 0 spiro atoms. The van der Waals surface area contributed by atoms with Crippen LogP contribution in [-0.4, -0.2) is 46.4 Å². The zero-order chi connectivity index (χ0) is 23.0. The molecule has 1 aliphatic heterocycles. The average molecular weight is 470 g/mol. The van der Waals surface area contributed by atoms with Gasteiger partial charge in [0.25, 0.3) is 0 Å². The van der Waals surface area contributed by atoms with Gasteiger partial charge in [0.15, 0.2) is 0 Å². The fourth-order valence-electron chi connectivity index (χ4n) is 5.04. The fourth-order valence-corrected chi connectivity index (χ4v) is 6.35. The smallest absolute Gasteiger partial charge is 0.226 e. The lowest BCUT2D eigenvalue weighted by molar-refractivity contribution is -0.126. The van der Waals surface area contributed by atoms with Crippen LogP contribution in [0.25, 0.3) is 11.5 Å². The summed E-state index contributed by atoms with van der Waals surface area (Å²) >= 11 is 2.11. The van der Waals surface area contributed by atoms with Crippen molar-refractivity contribution in [1.29, 1.82) is 0 Å². The number of nitrogens with one attached hydrogen (secondary N) is 1. The van der Waals surface area contributed by atoms with Crippen molar-refractivity contribution in [2.75, 3.05) is 25.4 Å². The Balaban J connectivity index is 1.22. The number of piperidine rings is 1. The van der Waals surface area contributed by atoms with E-state index in [1.807, 2.05) is 19.1 Å². The van der Waals surface area contributed by atoms with E-state index in [1.54, 1.807) is 0 Å². The zero-order valence-corrected chi connectivity index (χ0v) is 21.1. The molecule has 4 rings (SSSR count). The van der Waals surface area contributed by atoms with E-state index in [9.17, 15) is 4.79 Å². The van der Waals surface area contributed by atoms with E-state index in [0.717, 1.165) is 79.0 Å². The number of carbonyl (C=O) groups excluding carboxylic acids is 1. The van der Waals surface area contributed by atoms with E-state index >= 15 is 0 Å². The standard InChI is InChI=1S/C27H39N3O2S/c1-20-10-6-7-14-24(20)27-29-25(21(2)32-27)19-30-16-8-11-22(18-30)26(31)28-15-9-17-33-23-12-4-3-5-13-23/h6-7,10,14,22-23H,3-5,8-9,11-13,15-19H2,1-2H3,(H,28,31)/t22-/m0/s1. The third kappa shape index (κ3) is 6.86. The lowest BCUT2D eigenvalue weighted by Crippen LogP contribution is -2.43. The molecule has 1 saturated heterocycles. The van der Waals surface area contributed by atoms with E-state index in [4.69, 9.17) is 9.40 Å². The largest absolute Gasteiger partial charge is 0.441 e. The summed E-state index contributed by atoms with van der Waals surface area (Å²) in [6, 6.07) is 8.19. The lowest BCUT2D eigenvalue weighted by Gasteiger charge is -2.31. The number of rotatable bonds is 9. The molecule has 1 aliphatic carbocycles. The molecule has 180 valence electrons. The first-order chi connectivity index (χ1) is 16.1. The molecule has 33 heavy (non-hydrogen) atoms. The topological polar surface area (TPSA) is 58.4 Å². The molecule has 2 aliphatic rings. The molecule has 2 heterocycles. The van der Waals surface area contributed by atoms with Crippen molar-refractivity contribution in [3.8, 4) is 11.5 Å². The van der Waals surface area contributed by atoms with Gasteiger partial charge in [-0.15, -0.1) is 0 Å². The van der Waals surface area contributed by atoms with Crippen LogP contribution >= 0.6 is 11.8 Å². The number of hydrogen-bond donors (Lipinski definition) is 1. The number of carbonyl (C=O) groups is 1. The SMILES string of the molecule is Cc1ccccc1-c1nc(CN2CCC[C@H](C(=O)NCCCSC3CCCCC3)C2)c(C)o1. The van der Waals surface area contributed by atoms with E-state index in [2.05, 4.69) is 41.0 Å². The van der Waals surface area contributed by atoms with Gasteiger partial charge in [0.2, 0.25) is 11.8 Å². The molecule has 6 heteroatoms. The second kappa shape index (κ2) is 12.1. The number of nitrogens with zero attached hydrogens (tertiary/aromatic N) is 2. The molecule has 0 unspecified atom stereocenters. The number of hydrogen-bond acceptors (Lipinski definition) is 5. The first kappa shape index (κ1) is 24.3. The number of likely N-dealkylation sites (tertiary alicyclic amines) is 1. The second-order valence-corrected chi connectivity index (χ2v) is 11.1. The van der Waals surface area contributed by atoms with Crippen molar-refractivity contribution in [3.05, 3.63) is 41.3 Å². The summed E-state index contributed by atoms with van der Waals surface area (Å²) in [5.41, 5.74) is 3.19. The Bertz CT molecular complexity index is 907. The highest BCUT2D eigenvalue weighted by Gasteiger charge is 2.27. The van der Waals surface area contributed by atoms with Crippen molar-refractivity contribution in [3.63, 3.8) is 0 Å². The molecule has 2 aromatic rings. The Morgan fingerprint density at radius 3 is 2.79 bits per heavy atom. The minimum atomic E-state index is 0.0767. The van der Waals surface area contributed by atoms with Crippen molar-refractivity contribution in [2.45, 2.75) is 77.0 Å². The molecule has 1 aromatic carbocycles. The average Bonchev–Trinajstić information content (AvgIpc) is 3.19. The highest BCUT2D eigenvalue weighted by Crippen LogP contribution is 2.29. The maximum absolute atomic E-state index is 12.8. The monoisotopic (exact) mass is 469 g/mol. The molecule has 1 N–H and O–H groups in total. The molecular weight excluding hydrogens is 430 g/mol. The van der Waals surface area contributed by atoms with E-state index < -0.39 is 0 Å². The Morgan fingerprint density at radius 1 is 1.15 bits per heavy atom. The van der Waals surface area contributed by atoms with Crippen LogP contribution in [-0.2, 0) is 11.3 Å². The van der Waals surface area contributed by atoms with Gasteiger partial charge >= 0.3 is 0 Å². The van der Waals surface area contributed by atoms with Gasteiger partial charge in [-0.1, -0.05) is 37.5 Å². The van der Waals surface area contributed by atoms with Crippen LogP contribution in [0.2, 0.25) is 0 Å². The van der Waals surface area contributed by atoms with Crippen molar-refractivity contribution < 1.29 is 9.21 Å². The number of amides is 1. The number of oxazole rings is 1. The Morgan fingerprint density at radius 2 is 1.97 bits per heavy atom. The van der Waals surface area contributed by atoms with Crippen molar-refractivity contribution >= 4 is 17.7 Å². The maximum Gasteiger partial charge on any atom is 0.226 e. The third-order valence-electron chi connectivity index (χ3n) is 7.04. The van der Waals surface area contributed by atoms with E-state index in [1.165, 1.54) is 32.1 Å². The van der Waals surface area contributed by atoms with Gasteiger partial charge in [-0.3, -0.25) is 9.69 Å². The number of aryl methyl sites for hydroxylation is 2. The van der Waals surface area contributed by atoms with Gasteiger partial charge in [0.1, 0.15) is 5.76 Å². The summed E-state index contributed by atoms with van der Waals surface area (Å²) in [7, 11) is 0. The summed E-state index contributed by atoms with van der Waals surface area (Å²) in [6.45, 7) is 7.42. The number of aromatic nitrogens is 1. The van der Waals surface area contributed by atoms with Crippen LogP contribution in [0.4, 0.5) is 0 Å². The molecule has 1 atom stereocenters. The highest BCUT2D eigenvalue weighted by molar-refractivity contribution is 7.99. The minimum Gasteiger partial charge on any atom is -0.441 e. The molecular formula is C27H39N3O2S. The highest BCUT2D eigenvalue weighted by atomic mass is 32.2. The third-order valence-corrected chi connectivity index (χ3v) is 8.51. The summed E-state index contributed by atoms with van der Waals surface area (Å²) in [5.74, 6) is 3.03. The predicted molar refractivity (Wildman–Crippen MR) is 136 cm³/mol. The van der Waals surface area contributed by atoms with Crippen LogP contribution in [0.5, 0.6) is 0 Å². The van der Waals surface area contributed by atoms with Gasteiger partial charge in [-0.25, -0.2) is 4.98 Å². The first-order valence-electron chi connectivity index (χ1n) is 12.7. The van der Waals surface area contributed by atoms with Gasteiger partial charge in [-0.2, -0.15) is 11.8 Å². The van der Waals surface area contributed by atoms with Crippen molar-refractivity contribution in [2.24, 2.45) is 5.92 Å². The lowest BCUT2D eigenvalue weighted by atomic mass is 9.97. The summed E-state index contributed by atoms with van der Waals surface area (Å²) in [6.07, 6.45) is 10.1. The summed E-state index contributed by atoms with van der Waals surface area (Å²) in [4.78, 5) is 19.9. The van der Waals surface area contributed by atoms with Crippen LogP contribution < -0.4 is 5.32 Å². The van der Waals surface area contributed by atoms with E-state index in [0.29, 0.717) is 5.89 Å². The quantitative estimate of drug-likeness (QED) is 0.474. The van der Waals surface area contributed by atoms with Gasteiger partial charge in [0.05, 0.1) is 11.6 Å². The normalized spacial score (nSPS) is 20.1. The van der Waals surface area contributed by atoms with E-state index in [-0.39, 0.29) is 11.8 Å². The second-order valence-electron chi connectivity index (χ2n) is 9.69. The number of thioether (sulfide) groups is 1. The Kier molecular flexibility index (Phi) is 8.90. The fraction of sp³-hybridized carbons (Fsp3) is 0.630. The summed E-state index contributed by atoms with van der Waals surface area (Å²) < 4.78 is 6.00. The van der Waals surface area contributed by atoms with Gasteiger partial charge in [0, 0.05) is 30.4 Å². The first-order valence-corrected chi connectivity index (χ1v) is 13.8. The summed E-state index contributed by atoms with van der Waals surface area (Å²) in [5, 5.41) is 4.06. The van der Waals surface area contributed by atoms with Crippen LogP contribution in [0.1, 0.15) is 68.4 Å². The van der Waals surface area contributed by atoms with Gasteiger partial charge in [-0.05, 0) is 69.9 Å². The molecule has 5 nitrogen and oxygen atoms in total. The zero-order valence-electron chi connectivity index (χ0n) is 20.3. The molecule has 1 amide bonds. The van der Waals surface area contributed by atoms with Crippen LogP contribution in [0.3, 0.4) is 0 Å². The molecule has 0 bridgehead atoms. The van der Waals surface area contributed by atoms with Crippen LogP contribution in [0.15, 0.2) is 28.7 Å². The molecule has 1 aromatic heterocycles. The maximum atomic E-state index is 12.8. The molecule has 0 radical (unpaired) electrons. The van der Waals surface area contributed by atoms with Crippen LogP contribution in [0, 0.1) is 19.8 Å². The Labute approximate surface area is 203 Å². The van der Waals surface area contributed by atoms with Crippen molar-refractivity contribution in [1.82, 2.24) is 15.2 Å². The molecule has 2 fully saturated rings. The Hall–Kier alpha value is -1.79. The predicted octanol–water partition coefficient (Wildman–Crippen LogP) is 5.74. The number of benzene rings is 1. The minimum absolute atomic E-state index is 0.0767.